The topological polar surface area (TPSA) is 84.3 Å². The SMILES string of the molecule is Cc1cc(NC(=O)Cc2ccc(S(=O)(=O)N3CCCC3)s2)n(-c2ccccc2C(F)(F)F)n1. The minimum absolute atomic E-state index is 0.0932. The predicted molar refractivity (Wildman–Crippen MR) is 118 cm³/mol. The molecule has 0 bridgehead atoms. The third-order valence-electron chi connectivity index (χ3n) is 5.17. The number of benzene rings is 1. The number of sulfonamides is 1. The van der Waals surface area contributed by atoms with Gasteiger partial charge in [0.15, 0.2) is 0 Å². The Labute approximate surface area is 192 Å². The first-order valence-corrected chi connectivity index (χ1v) is 12.4. The number of carbonyl (C=O) groups is 1. The highest BCUT2D eigenvalue weighted by Gasteiger charge is 2.34. The molecule has 176 valence electrons. The number of anilines is 1. The average Bonchev–Trinajstić information content (AvgIpc) is 3.49. The first kappa shape index (κ1) is 23.5. The third kappa shape index (κ3) is 4.97. The Kier molecular flexibility index (Phi) is 6.34. The molecule has 3 aromatic rings. The van der Waals surface area contributed by atoms with Gasteiger partial charge in [0.1, 0.15) is 10.0 Å². The van der Waals surface area contributed by atoms with Crippen molar-refractivity contribution in [3.63, 3.8) is 0 Å². The van der Waals surface area contributed by atoms with Crippen LogP contribution in [-0.2, 0) is 27.4 Å². The molecule has 1 aromatic carbocycles. The minimum Gasteiger partial charge on any atom is -0.310 e. The van der Waals surface area contributed by atoms with Crippen molar-refractivity contribution < 1.29 is 26.4 Å². The second-order valence-electron chi connectivity index (χ2n) is 7.65. The predicted octanol–water partition coefficient (Wildman–Crippen LogP) is 4.23. The summed E-state index contributed by atoms with van der Waals surface area (Å²) in [6.45, 7) is 2.58. The van der Waals surface area contributed by atoms with Crippen LogP contribution in [0.4, 0.5) is 19.0 Å². The van der Waals surface area contributed by atoms with E-state index in [2.05, 4.69) is 10.4 Å². The summed E-state index contributed by atoms with van der Waals surface area (Å²) in [5.41, 5.74) is -0.653. The molecule has 33 heavy (non-hydrogen) atoms. The molecule has 1 aliphatic rings. The molecule has 1 fully saturated rings. The summed E-state index contributed by atoms with van der Waals surface area (Å²) < 4.78 is 68.4. The lowest BCUT2D eigenvalue weighted by Crippen LogP contribution is -2.27. The van der Waals surface area contributed by atoms with Gasteiger partial charge in [-0.05, 0) is 44.0 Å². The fourth-order valence-electron chi connectivity index (χ4n) is 3.66. The number of para-hydroxylation sites is 1. The number of aromatic nitrogens is 2. The van der Waals surface area contributed by atoms with E-state index in [9.17, 15) is 26.4 Å². The maximum Gasteiger partial charge on any atom is 0.418 e. The molecule has 1 saturated heterocycles. The number of rotatable bonds is 6. The standard InChI is InChI=1S/C21H21F3N4O3S2/c1-14-12-18(28(26-14)17-7-3-2-6-16(17)21(22,23)24)25-19(29)13-15-8-9-20(32-15)33(30,31)27-10-4-5-11-27/h2-3,6-9,12H,4-5,10-11,13H2,1H3,(H,25,29). The van der Waals surface area contributed by atoms with Crippen LogP contribution < -0.4 is 5.32 Å². The highest BCUT2D eigenvalue weighted by molar-refractivity contribution is 7.91. The molecular weight excluding hydrogens is 477 g/mol. The van der Waals surface area contributed by atoms with E-state index in [1.54, 1.807) is 13.0 Å². The van der Waals surface area contributed by atoms with Gasteiger partial charge in [0.25, 0.3) is 10.0 Å². The van der Waals surface area contributed by atoms with Crippen molar-refractivity contribution in [3.05, 3.63) is 58.6 Å². The number of carbonyl (C=O) groups excluding carboxylic acids is 1. The molecule has 0 unspecified atom stereocenters. The summed E-state index contributed by atoms with van der Waals surface area (Å²) >= 11 is 1.02. The zero-order valence-corrected chi connectivity index (χ0v) is 19.2. The zero-order chi connectivity index (χ0) is 23.8. The van der Waals surface area contributed by atoms with E-state index >= 15 is 0 Å². The number of thiophene rings is 1. The quantitative estimate of drug-likeness (QED) is 0.552. The number of alkyl halides is 3. The van der Waals surface area contributed by atoms with Crippen molar-refractivity contribution in [1.82, 2.24) is 14.1 Å². The molecule has 4 rings (SSSR count). The van der Waals surface area contributed by atoms with Crippen LogP contribution in [-0.4, -0.2) is 41.5 Å². The van der Waals surface area contributed by atoms with Crippen molar-refractivity contribution in [2.75, 3.05) is 18.4 Å². The Morgan fingerprint density at radius 3 is 2.55 bits per heavy atom. The highest BCUT2D eigenvalue weighted by atomic mass is 32.2. The van der Waals surface area contributed by atoms with Crippen molar-refractivity contribution in [2.24, 2.45) is 0 Å². The van der Waals surface area contributed by atoms with Gasteiger partial charge in [-0.3, -0.25) is 4.79 Å². The zero-order valence-electron chi connectivity index (χ0n) is 17.6. The van der Waals surface area contributed by atoms with Gasteiger partial charge in [0, 0.05) is 24.0 Å². The highest BCUT2D eigenvalue weighted by Crippen LogP contribution is 2.35. The van der Waals surface area contributed by atoms with Gasteiger partial charge >= 0.3 is 6.18 Å². The van der Waals surface area contributed by atoms with Crippen LogP contribution in [0.1, 0.15) is 29.0 Å². The van der Waals surface area contributed by atoms with Crippen LogP contribution in [0.25, 0.3) is 5.69 Å². The third-order valence-corrected chi connectivity index (χ3v) is 8.62. The van der Waals surface area contributed by atoms with Crippen molar-refractivity contribution in [2.45, 2.75) is 36.6 Å². The Morgan fingerprint density at radius 1 is 1.15 bits per heavy atom. The van der Waals surface area contributed by atoms with Crippen LogP contribution in [0, 0.1) is 6.92 Å². The minimum atomic E-state index is -4.59. The summed E-state index contributed by atoms with van der Waals surface area (Å²) in [4.78, 5) is 13.2. The summed E-state index contributed by atoms with van der Waals surface area (Å²) in [6.07, 6.45) is -3.06. The van der Waals surface area contributed by atoms with Gasteiger partial charge in [-0.15, -0.1) is 11.3 Å². The number of nitrogens with one attached hydrogen (secondary N) is 1. The second-order valence-corrected chi connectivity index (χ2v) is 11.0. The lowest BCUT2D eigenvalue weighted by Gasteiger charge is -2.15. The van der Waals surface area contributed by atoms with E-state index in [4.69, 9.17) is 0 Å². The van der Waals surface area contributed by atoms with E-state index in [-0.39, 0.29) is 22.1 Å². The Hall–Kier alpha value is -2.70. The normalized spacial score (nSPS) is 15.2. The summed E-state index contributed by atoms with van der Waals surface area (Å²) in [7, 11) is -3.57. The van der Waals surface area contributed by atoms with Crippen LogP contribution in [0.15, 0.2) is 46.7 Å². The van der Waals surface area contributed by atoms with Gasteiger partial charge in [0.05, 0.1) is 23.4 Å². The number of amides is 1. The smallest absolute Gasteiger partial charge is 0.310 e. The molecule has 1 aliphatic heterocycles. The lowest BCUT2D eigenvalue weighted by molar-refractivity contribution is -0.137. The fraction of sp³-hybridized carbons (Fsp3) is 0.333. The second kappa shape index (κ2) is 8.92. The number of hydrogen-bond acceptors (Lipinski definition) is 5. The molecule has 0 spiro atoms. The molecule has 1 N–H and O–H groups in total. The van der Waals surface area contributed by atoms with Gasteiger partial charge in [-0.25, -0.2) is 13.1 Å². The molecule has 7 nitrogen and oxygen atoms in total. The molecule has 0 radical (unpaired) electrons. The van der Waals surface area contributed by atoms with E-state index in [1.165, 1.54) is 34.6 Å². The summed E-state index contributed by atoms with van der Waals surface area (Å²) in [5.74, 6) is -0.400. The van der Waals surface area contributed by atoms with Crippen molar-refractivity contribution in [1.29, 1.82) is 0 Å². The number of aryl methyl sites for hydroxylation is 1. The Morgan fingerprint density at radius 2 is 1.85 bits per heavy atom. The van der Waals surface area contributed by atoms with E-state index in [0.29, 0.717) is 23.7 Å². The van der Waals surface area contributed by atoms with Crippen LogP contribution >= 0.6 is 11.3 Å². The van der Waals surface area contributed by atoms with Crippen LogP contribution in [0.3, 0.4) is 0 Å². The summed E-state index contributed by atoms with van der Waals surface area (Å²) in [6, 6.07) is 9.50. The maximum atomic E-state index is 13.5. The molecule has 3 heterocycles. The monoisotopic (exact) mass is 498 g/mol. The molecule has 1 amide bonds. The van der Waals surface area contributed by atoms with Crippen molar-refractivity contribution in [3.8, 4) is 5.69 Å². The average molecular weight is 499 g/mol. The molecular formula is C21H21F3N4O3S2. The number of halogens is 3. The molecule has 0 aliphatic carbocycles. The molecule has 0 saturated carbocycles. The first-order chi connectivity index (χ1) is 15.6. The van der Waals surface area contributed by atoms with Crippen LogP contribution in [0.5, 0.6) is 0 Å². The first-order valence-electron chi connectivity index (χ1n) is 10.2. The maximum absolute atomic E-state index is 13.5. The van der Waals surface area contributed by atoms with Gasteiger partial charge < -0.3 is 5.32 Å². The van der Waals surface area contributed by atoms with Gasteiger partial charge in [-0.2, -0.15) is 22.6 Å². The van der Waals surface area contributed by atoms with Crippen molar-refractivity contribution >= 4 is 33.1 Å². The van der Waals surface area contributed by atoms with Gasteiger partial charge in [0.2, 0.25) is 5.91 Å². The number of nitrogens with zero attached hydrogens (tertiary/aromatic N) is 3. The van der Waals surface area contributed by atoms with Crippen LogP contribution in [0.2, 0.25) is 0 Å². The largest absolute Gasteiger partial charge is 0.418 e. The Bertz CT molecular complexity index is 1280. The molecule has 12 heteroatoms. The molecule has 0 atom stereocenters. The van der Waals surface area contributed by atoms with Gasteiger partial charge in [-0.1, -0.05) is 12.1 Å². The van der Waals surface area contributed by atoms with E-state index in [0.717, 1.165) is 34.9 Å². The number of hydrogen-bond donors (Lipinski definition) is 1. The van der Waals surface area contributed by atoms with E-state index < -0.39 is 27.7 Å². The Balaban J connectivity index is 1.53. The summed E-state index contributed by atoms with van der Waals surface area (Å²) in [5, 5.41) is 6.72. The molecule has 2 aromatic heterocycles. The lowest BCUT2D eigenvalue weighted by atomic mass is 10.1. The van der Waals surface area contributed by atoms with E-state index in [1.807, 2.05) is 0 Å². The fourth-order valence-corrected chi connectivity index (χ4v) is 6.69.